The Morgan fingerprint density at radius 3 is 2.39 bits per heavy atom. The van der Waals surface area contributed by atoms with Crippen LogP contribution in [0.25, 0.3) is 11.1 Å². The third-order valence-electron chi connectivity index (χ3n) is 2.54. The van der Waals surface area contributed by atoms with Crippen molar-refractivity contribution in [3.63, 3.8) is 0 Å². The molecule has 1 heterocycles. The fourth-order valence-electron chi connectivity index (χ4n) is 1.67. The molecule has 0 unspecified atom stereocenters. The molecule has 1 aromatic heterocycles. The van der Waals surface area contributed by atoms with Crippen molar-refractivity contribution in [1.29, 1.82) is 0 Å². The molecule has 0 atom stereocenters. The van der Waals surface area contributed by atoms with Gasteiger partial charge in [0, 0.05) is 29.1 Å². The van der Waals surface area contributed by atoms with E-state index in [1.54, 1.807) is 30.6 Å². The van der Waals surface area contributed by atoms with Gasteiger partial charge in [-0.1, -0.05) is 6.07 Å². The molecule has 90 valence electrons. The minimum atomic E-state index is -0.565. The quantitative estimate of drug-likeness (QED) is 0.836. The first-order valence-electron chi connectivity index (χ1n) is 5.23. The molecule has 0 radical (unpaired) electrons. The predicted molar refractivity (Wildman–Crippen MR) is 66.7 cm³/mol. The van der Waals surface area contributed by atoms with Gasteiger partial charge < -0.3 is 11.5 Å². The van der Waals surface area contributed by atoms with Gasteiger partial charge in [-0.05, 0) is 29.8 Å². The third-order valence-corrected chi connectivity index (χ3v) is 2.54. The van der Waals surface area contributed by atoms with Gasteiger partial charge in [0.2, 0.25) is 11.8 Å². The number of pyridine rings is 1. The first kappa shape index (κ1) is 11.8. The minimum absolute atomic E-state index is 0.318. The fraction of sp³-hybridized carbons (Fsp3) is 0. The van der Waals surface area contributed by atoms with Gasteiger partial charge in [-0.2, -0.15) is 0 Å². The Balaban J connectivity index is 2.65. The Labute approximate surface area is 103 Å². The molecule has 2 amide bonds. The molecule has 0 bridgehead atoms. The molecule has 5 heteroatoms. The van der Waals surface area contributed by atoms with Gasteiger partial charge in [0.1, 0.15) is 0 Å². The number of nitrogens with zero attached hydrogens (tertiary/aromatic N) is 1. The second kappa shape index (κ2) is 4.67. The largest absolute Gasteiger partial charge is 0.366 e. The summed E-state index contributed by atoms with van der Waals surface area (Å²) >= 11 is 0. The highest BCUT2D eigenvalue weighted by Gasteiger charge is 2.12. The van der Waals surface area contributed by atoms with Crippen LogP contribution in [-0.2, 0) is 0 Å². The van der Waals surface area contributed by atoms with Gasteiger partial charge in [-0.3, -0.25) is 14.6 Å². The molecule has 18 heavy (non-hydrogen) atoms. The molecule has 4 N–H and O–H groups in total. The van der Waals surface area contributed by atoms with Crippen molar-refractivity contribution in [2.24, 2.45) is 11.5 Å². The Hall–Kier alpha value is -2.69. The van der Waals surface area contributed by atoms with E-state index in [4.69, 9.17) is 11.5 Å². The number of amides is 2. The van der Waals surface area contributed by atoms with Crippen molar-refractivity contribution in [3.8, 4) is 11.1 Å². The van der Waals surface area contributed by atoms with Crippen LogP contribution in [0.4, 0.5) is 0 Å². The van der Waals surface area contributed by atoms with Gasteiger partial charge in [-0.15, -0.1) is 0 Å². The molecule has 0 spiro atoms. The van der Waals surface area contributed by atoms with Crippen LogP contribution in [0.1, 0.15) is 20.7 Å². The van der Waals surface area contributed by atoms with E-state index in [-0.39, 0.29) is 0 Å². The maximum absolute atomic E-state index is 11.4. The van der Waals surface area contributed by atoms with Crippen molar-refractivity contribution in [1.82, 2.24) is 4.98 Å². The van der Waals surface area contributed by atoms with E-state index >= 15 is 0 Å². The minimum Gasteiger partial charge on any atom is -0.366 e. The molecule has 2 aromatic rings. The maximum Gasteiger partial charge on any atom is 0.249 e. The van der Waals surface area contributed by atoms with Crippen LogP contribution in [0.3, 0.4) is 0 Å². The Morgan fingerprint density at radius 1 is 1.06 bits per heavy atom. The second-order valence-corrected chi connectivity index (χ2v) is 3.73. The number of hydrogen-bond donors (Lipinski definition) is 2. The topological polar surface area (TPSA) is 99.1 Å². The zero-order chi connectivity index (χ0) is 13.1. The lowest BCUT2D eigenvalue weighted by Crippen LogP contribution is -2.15. The van der Waals surface area contributed by atoms with Gasteiger partial charge in [0.05, 0.1) is 0 Å². The predicted octanol–water partition coefficient (Wildman–Crippen LogP) is 0.946. The van der Waals surface area contributed by atoms with E-state index in [0.29, 0.717) is 22.3 Å². The SMILES string of the molecule is NC(=O)c1ccc(C(N)=O)c(-c2cccnc2)c1. The van der Waals surface area contributed by atoms with E-state index in [9.17, 15) is 9.59 Å². The standard InChI is InChI=1S/C13H11N3O2/c14-12(17)8-3-4-10(13(15)18)11(6-8)9-2-1-5-16-7-9/h1-7H,(H2,14,17)(H2,15,18). The lowest BCUT2D eigenvalue weighted by atomic mass is 9.98. The van der Waals surface area contributed by atoms with Crippen LogP contribution in [0.2, 0.25) is 0 Å². The third kappa shape index (κ3) is 2.20. The summed E-state index contributed by atoms with van der Waals surface area (Å²) in [4.78, 5) is 26.5. The van der Waals surface area contributed by atoms with E-state index in [0.717, 1.165) is 0 Å². The molecular weight excluding hydrogens is 230 g/mol. The molecule has 0 saturated carbocycles. The molecule has 5 nitrogen and oxygen atoms in total. The molecule has 0 aliphatic heterocycles. The normalized spacial score (nSPS) is 10.0. The fourth-order valence-corrected chi connectivity index (χ4v) is 1.67. The highest BCUT2D eigenvalue weighted by atomic mass is 16.1. The van der Waals surface area contributed by atoms with Crippen LogP contribution in [0.15, 0.2) is 42.7 Å². The smallest absolute Gasteiger partial charge is 0.249 e. The summed E-state index contributed by atoms with van der Waals surface area (Å²) < 4.78 is 0. The number of primary amides is 2. The Bertz CT molecular complexity index is 609. The average Bonchev–Trinajstić information content (AvgIpc) is 2.39. The van der Waals surface area contributed by atoms with Gasteiger partial charge >= 0.3 is 0 Å². The molecular formula is C13H11N3O2. The molecule has 0 aliphatic carbocycles. The summed E-state index contributed by atoms with van der Waals surface area (Å²) in [7, 11) is 0. The van der Waals surface area contributed by atoms with Gasteiger partial charge in [-0.25, -0.2) is 0 Å². The monoisotopic (exact) mass is 241 g/mol. The maximum atomic E-state index is 11.4. The number of benzene rings is 1. The summed E-state index contributed by atoms with van der Waals surface area (Å²) in [5, 5.41) is 0. The van der Waals surface area contributed by atoms with Crippen molar-refractivity contribution in [2.45, 2.75) is 0 Å². The van der Waals surface area contributed by atoms with Crippen LogP contribution in [-0.4, -0.2) is 16.8 Å². The van der Waals surface area contributed by atoms with Crippen molar-refractivity contribution >= 4 is 11.8 Å². The molecule has 1 aromatic carbocycles. The van der Waals surface area contributed by atoms with Crippen LogP contribution in [0.5, 0.6) is 0 Å². The molecule has 2 rings (SSSR count). The summed E-state index contributed by atoms with van der Waals surface area (Å²) in [6.45, 7) is 0. The number of hydrogen-bond acceptors (Lipinski definition) is 3. The van der Waals surface area contributed by atoms with E-state index in [2.05, 4.69) is 4.98 Å². The van der Waals surface area contributed by atoms with Crippen LogP contribution < -0.4 is 11.5 Å². The summed E-state index contributed by atoms with van der Waals surface area (Å²) in [6, 6.07) is 8.02. The highest BCUT2D eigenvalue weighted by Crippen LogP contribution is 2.24. The van der Waals surface area contributed by atoms with Crippen molar-refractivity contribution < 1.29 is 9.59 Å². The summed E-state index contributed by atoms with van der Waals surface area (Å²) in [5.74, 6) is -1.12. The van der Waals surface area contributed by atoms with Crippen molar-refractivity contribution in [2.75, 3.05) is 0 Å². The van der Waals surface area contributed by atoms with Crippen LogP contribution >= 0.6 is 0 Å². The first-order chi connectivity index (χ1) is 8.59. The van der Waals surface area contributed by atoms with E-state index in [1.165, 1.54) is 12.1 Å². The number of rotatable bonds is 3. The van der Waals surface area contributed by atoms with E-state index < -0.39 is 11.8 Å². The van der Waals surface area contributed by atoms with Gasteiger partial charge in [0.15, 0.2) is 0 Å². The Morgan fingerprint density at radius 2 is 1.83 bits per heavy atom. The Kier molecular flexibility index (Phi) is 3.05. The highest BCUT2D eigenvalue weighted by molar-refractivity contribution is 6.02. The number of aromatic nitrogens is 1. The zero-order valence-electron chi connectivity index (χ0n) is 9.46. The summed E-state index contributed by atoms with van der Waals surface area (Å²) in [5.41, 5.74) is 12.4. The lowest BCUT2D eigenvalue weighted by Gasteiger charge is -2.08. The van der Waals surface area contributed by atoms with Crippen LogP contribution in [0, 0.1) is 0 Å². The number of carbonyl (C=O) groups excluding carboxylic acids is 2. The molecule has 0 saturated heterocycles. The van der Waals surface area contributed by atoms with E-state index in [1.807, 2.05) is 0 Å². The first-order valence-corrected chi connectivity index (χ1v) is 5.23. The van der Waals surface area contributed by atoms with Gasteiger partial charge in [0.25, 0.3) is 0 Å². The lowest BCUT2D eigenvalue weighted by molar-refractivity contribution is 0.0989. The number of carbonyl (C=O) groups is 2. The molecule has 0 fully saturated rings. The zero-order valence-corrected chi connectivity index (χ0v) is 9.46. The van der Waals surface area contributed by atoms with Crippen molar-refractivity contribution in [3.05, 3.63) is 53.9 Å². The average molecular weight is 241 g/mol. The summed E-state index contributed by atoms with van der Waals surface area (Å²) in [6.07, 6.45) is 3.21. The molecule has 0 aliphatic rings. The second-order valence-electron chi connectivity index (χ2n) is 3.73. The number of nitrogens with two attached hydrogens (primary N) is 2.